The summed E-state index contributed by atoms with van der Waals surface area (Å²) < 4.78 is 4.77. The zero-order valence-electron chi connectivity index (χ0n) is 11.2. The molecular weight excluding hydrogens is 278 g/mol. The molecule has 2 aromatic rings. The van der Waals surface area contributed by atoms with Crippen molar-refractivity contribution in [1.82, 2.24) is 20.4 Å². The number of carbonyl (C=O) groups excluding carboxylic acids is 1. The molecule has 0 aliphatic rings. The van der Waals surface area contributed by atoms with Gasteiger partial charge in [-0.2, -0.15) is 4.98 Å². The predicted molar refractivity (Wildman–Crippen MR) is 70.5 cm³/mol. The Bertz CT molecular complexity index is 637. The molecule has 3 N–H and O–H groups in total. The van der Waals surface area contributed by atoms with Crippen LogP contribution in [0, 0.1) is 6.92 Å². The van der Waals surface area contributed by atoms with Crippen LogP contribution in [0.2, 0.25) is 0 Å². The molecule has 0 fully saturated rings. The van der Waals surface area contributed by atoms with E-state index >= 15 is 0 Å². The van der Waals surface area contributed by atoms with Gasteiger partial charge in [-0.25, -0.2) is 4.79 Å². The highest BCUT2D eigenvalue weighted by atomic mass is 16.5. The van der Waals surface area contributed by atoms with Gasteiger partial charge < -0.3 is 20.3 Å². The van der Waals surface area contributed by atoms with Crippen LogP contribution in [0.5, 0.6) is 0 Å². The normalized spacial score (nSPS) is 10.1. The van der Waals surface area contributed by atoms with E-state index < -0.39 is 12.0 Å². The molecule has 0 radical (unpaired) electrons. The third-order valence-corrected chi connectivity index (χ3v) is 2.39. The lowest BCUT2D eigenvalue weighted by Crippen LogP contribution is -2.28. The molecule has 110 valence electrons. The van der Waals surface area contributed by atoms with Crippen LogP contribution in [0.25, 0.3) is 0 Å². The van der Waals surface area contributed by atoms with Gasteiger partial charge in [0.05, 0.1) is 30.5 Å². The maximum atomic E-state index is 11.6. The lowest BCUT2D eigenvalue weighted by Gasteiger charge is -2.06. The van der Waals surface area contributed by atoms with Gasteiger partial charge in [0.2, 0.25) is 5.89 Å². The molecule has 21 heavy (non-hydrogen) atoms. The molecule has 0 atom stereocenters. The van der Waals surface area contributed by atoms with Crippen LogP contribution in [-0.2, 0) is 17.8 Å². The number of urea groups is 1. The quantitative estimate of drug-likeness (QED) is 0.739. The van der Waals surface area contributed by atoms with Crippen LogP contribution in [0.4, 0.5) is 10.5 Å². The Kier molecular flexibility index (Phi) is 4.44. The maximum Gasteiger partial charge on any atom is 0.319 e. The number of nitrogens with one attached hydrogen (secondary N) is 2. The molecule has 2 aromatic heterocycles. The van der Waals surface area contributed by atoms with Crippen molar-refractivity contribution in [2.45, 2.75) is 19.9 Å². The van der Waals surface area contributed by atoms with E-state index in [4.69, 9.17) is 9.63 Å². The topological polar surface area (TPSA) is 130 Å². The molecule has 0 spiro atoms. The van der Waals surface area contributed by atoms with E-state index in [1.807, 2.05) is 0 Å². The van der Waals surface area contributed by atoms with Gasteiger partial charge in [0.15, 0.2) is 5.82 Å². The Morgan fingerprint density at radius 2 is 2.19 bits per heavy atom. The van der Waals surface area contributed by atoms with Crippen LogP contribution in [0.15, 0.2) is 22.9 Å². The van der Waals surface area contributed by atoms with Gasteiger partial charge >= 0.3 is 12.0 Å². The first kappa shape index (κ1) is 14.4. The van der Waals surface area contributed by atoms with E-state index in [1.165, 1.54) is 12.3 Å². The van der Waals surface area contributed by atoms with Crippen molar-refractivity contribution in [2.24, 2.45) is 0 Å². The minimum Gasteiger partial charge on any atom is -0.481 e. The first-order chi connectivity index (χ1) is 10.0. The molecule has 0 bridgehead atoms. The van der Waals surface area contributed by atoms with E-state index in [0.717, 1.165) is 0 Å². The largest absolute Gasteiger partial charge is 0.481 e. The number of aryl methyl sites for hydroxylation is 1. The number of aliphatic carboxylic acids is 1. The molecule has 2 rings (SSSR count). The predicted octanol–water partition coefficient (Wildman–Crippen LogP) is 0.722. The lowest BCUT2D eigenvalue weighted by molar-refractivity contribution is -0.136. The van der Waals surface area contributed by atoms with Crippen molar-refractivity contribution in [3.63, 3.8) is 0 Å². The molecule has 9 nitrogen and oxygen atoms in total. The molecule has 0 unspecified atom stereocenters. The molecule has 0 saturated heterocycles. The fraction of sp³-hybridized carbons (Fsp3) is 0.250. The highest BCUT2D eigenvalue weighted by Crippen LogP contribution is 2.06. The highest BCUT2D eigenvalue weighted by molar-refractivity contribution is 5.88. The molecule has 0 aromatic carbocycles. The fourth-order valence-corrected chi connectivity index (χ4v) is 1.51. The van der Waals surface area contributed by atoms with Crippen molar-refractivity contribution >= 4 is 17.7 Å². The van der Waals surface area contributed by atoms with E-state index in [0.29, 0.717) is 23.1 Å². The van der Waals surface area contributed by atoms with Crippen LogP contribution >= 0.6 is 0 Å². The molecule has 2 heterocycles. The molecule has 2 amide bonds. The average molecular weight is 291 g/mol. The minimum absolute atomic E-state index is 0.133. The zero-order chi connectivity index (χ0) is 15.2. The van der Waals surface area contributed by atoms with Crippen LogP contribution < -0.4 is 10.6 Å². The maximum absolute atomic E-state index is 11.6. The number of nitrogens with zero attached hydrogens (tertiary/aromatic N) is 3. The summed E-state index contributed by atoms with van der Waals surface area (Å²) in [5, 5.41) is 17.4. The number of rotatable bonds is 5. The summed E-state index contributed by atoms with van der Waals surface area (Å²) >= 11 is 0. The van der Waals surface area contributed by atoms with Crippen molar-refractivity contribution in [1.29, 1.82) is 0 Å². The lowest BCUT2D eigenvalue weighted by atomic mass is 10.2. The number of anilines is 1. The van der Waals surface area contributed by atoms with E-state index in [9.17, 15) is 9.59 Å². The second-order valence-electron chi connectivity index (χ2n) is 4.15. The van der Waals surface area contributed by atoms with Gasteiger partial charge in [-0.05, 0) is 12.1 Å². The monoisotopic (exact) mass is 291 g/mol. The number of pyridine rings is 1. The summed E-state index contributed by atoms with van der Waals surface area (Å²) in [6.45, 7) is 1.79. The summed E-state index contributed by atoms with van der Waals surface area (Å²) in [6.07, 6.45) is 1.22. The Morgan fingerprint density at radius 1 is 1.38 bits per heavy atom. The number of aromatic nitrogens is 3. The second kappa shape index (κ2) is 6.46. The minimum atomic E-state index is -0.962. The van der Waals surface area contributed by atoms with Gasteiger partial charge in [0, 0.05) is 6.92 Å². The van der Waals surface area contributed by atoms with Crippen LogP contribution in [0.1, 0.15) is 17.4 Å². The fourth-order valence-electron chi connectivity index (χ4n) is 1.51. The zero-order valence-corrected chi connectivity index (χ0v) is 11.2. The van der Waals surface area contributed by atoms with Crippen molar-refractivity contribution < 1.29 is 19.2 Å². The SMILES string of the molecule is Cc1nc(CNC(=O)Nc2ccc(CC(=O)O)nc2)no1. The van der Waals surface area contributed by atoms with Gasteiger partial charge in [-0.15, -0.1) is 0 Å². The average Bonchev–Trinajstić information content (AvgIpc) is 2.84. The third kappa shape index (κ3) is 4.56. The number of carbonyl (C=O) groups is 2. The number of amides is 2. The number of carboxylic acid groups (broad SMARTS) is 1. The Labute approximate surface area is 119 Å². The van der Waals surface area contributed by atoms with Crippen molar-refractivity contribution in [2.75, 3.05) is 5.32 Å². The molecule has 9 heteroatoms. The van der Waals surface area contributed by atoms with E-state index in [-0.39, 0.29) is 13.0 Å². The van der Waals surface area contributed by atoms with Gasteiger partial charge in [0.25, 0.3) is 0 Å². The van der Waals surface area contributed by atoms with Crippen LogP contribution in [0.3, 0.4) is 0 Å². The molecule has 0 aliphatic carbocycles. The number of carboxylic acids is 1. The van der Waals surface area contributed by atoms with E-state index in [1.54, 1.807) is 13.0 Å². The first-order valence-electron chi connectivity index (χ1n) is 6.03. The highest BCUT2D eigenvalue weighted by Gasteiger charge is 2.07. The number of hydrogen-bond acceptors (Lipinski definition) is 6. The Morgan fingerprint density at radius 3 is 2.76 bits per heavy atom. The smallest absolute Gasteiger partial charge is 0.319 e. The van der Waals surface area contributed by atoms with E-state index in [2.05, 4.69) is 25.8 Å². The van der Waals surface area contributed by atoms with Crippen LogP contribution in [-0.4, -0.2) is 32.2 Å². The summed E-state index contributed by atoms with van der Waals surface area (Å²) in [5.74, 6) is -0.167. The molecule has 0 aliphatic heterocycles. The molecular formula is C12H13N5O4. The summed E-state index contributed by atoms with van der Waals surface area (Å²) in [4.78, 5) is 30.0. The first-order valence-corrected chi connectivity index (χ1v) is 6.03. The van der Waals surface area contributed by atoms with Gasteiger partial charge in [0.1, 0.15) is 0 Å². The van der Waals surface area contributed by atoms with Gasteiger partial charge in [-0.1, -0.05) is 5.16 Å². The summed E-state index contributed by atoms with van der Waals surface area (Å²) in [7, 11) is 0. The summed E-state index contributed by atoms with van der Waals surface area (Å²) in [6, 6.07) is 2.65. The van der Waals surface area contributed by atoms with Gasteiger partial charge in [-0.3, -0.25) is 9.78 Å². The van der Waals surface area contributed by atoms with Crippen molar-refractivity contribution in [3.8, 4) is 0 Å². The number of hydrogen-bond donors (Lipinski definition) is 3. The Balaban J connectivity index is 1.83. The van der Waals surface area contributed by atoms with Crippen molar-refractivity contribution in [3.05, 3.63) is 35.7 Å². The molecule has 0 saturated carbocycles. The third-order valence-electron chi connectivity index (χ3n) is 2.39. The second-order valence-corrected chi connectivity index (χ2v) is 4.15. The Hall–Kier alpha value is -2.97. The summed E-state index contributed by atoms with van der Waals surface area (Å²) in [5.41, 5.74) is 0.863. The standard InChI is InChI=1S/C12H13N5O4/c1-7-15-10(17-21-7)6-14-12(20)16-9-3-2-8(13-5-9)4-11(18)19/h2-3,5H,4,6H2,1H3,(H,18,19)(H2,14,16,20).